The summed E-state index contributed by atoms with van der Waals surface area (Å²) >= 11 is 33.1. The van der Waals surface area contributed by atoms with Crippen molar-refractivity contribution in [2.45, 2.75) is 77.2 Å². The molecule has 2 fully saturated rings. The average Bonchev–Trinajstić information content (AvgIpc) is 0.984. The van der Waals surface area contributed by atoms with E-state index in [1.54, 1.807) is 99.3 Å². The minimum Gasteiger partial charge on any atom is -0.619 e. The number of aromatic nitrogens is 6. The molecule has 17 rings (SSSR count). The quantitative estimate of drug-likeness (QED) is 0.0190. The molecule has 6 aromatic heterocycles. The predicted molar refractivity (Wildman–Crippen MR) is 525 cm³/mol. The summed E-state index contributed by atoms with van der Waals surface area (Å²) in [5.41, 5.74) is -3.77. The number of aliphatic carboxylic acids is 1. The van der Waals surface area contributed by atoms with Crippen molar-refractivity contribution in [3.8, 4) is 22.3 Å². The molecule has 8 heterocycles. The maximum absolute atomic E-state index is 13.4. The first kappa shape index (κ1) is 109. The maximum atomic E-state index is 13.4. The van der Waals surface area contributed by atoms with Gasteiger partial charge in [0, 0.05) is 79.6 Å². The number of hydrogen-bond acceptors (Lipinski definition) is 15. The number of carbonyl (C=O) groups is 4. The van der Waals surface area contributed by atoms with Crippen LogP contribution in [0.1, 0.15) is 43.4 Å². The van der Waals surface area contributed by atoms with Crippen molar-refractivity contribution in [1.29, 1.82) is 0 Å². The first-order chi connectivity index (χ1) is 64.9. The summed E-state index contributed by atoms with van der Waals surface area (Å²) in [5, 5.41) is 47.8. The van der Waals surface area contributed by atoms with E-state index in [0.717, 1.165) is 97.1 Å². The molecule has 1 amide bonds. The number of benzene rings is 9. The Hall–Kier alpha value is -11.2. The van der Waals surface area contributed by atoms with Gasteiger partial charge in [-0.3, -0.25) is 43.3 Å². The number of esters is 2. The van der Waals surface area contributed by atoms with Crippen molar-refractivity contribution in [2.75, 3.05) is 44.7 Å². The number of H-pyrrole nitrogens is 1. The molecule has 2 saturated heterocycles. The molecule has 5 N–H and O–H groups in total. The van der Waals surface area contributed by atoms with Crippen LogP contribution in [-0.2, 0) is 66.8 Å². The second-order valence-electron chi connectivity index (χ2n) is 29.3. The van der Waals surface area contributed by atoms with E-state index >= 15 is 0 Å². The highest BCUT2D eigenvalue weighted by Gasteiger charge is 2.37. The average molecular weight is 2280 g/mol. The van der Waals surface area contributed by atoms with Gasteiger partial charge in [0.05, 0.1) is 78.4 Å². The third-order valence-electron chi connectivity index (χ3n) is 20.0. The SMILES string of the molecule is Brc1cccc2ccncc12.CCOC(=O)CBr.CCOC(=O)Cn1ccc2cccc(Br)c2c1=O.FC1CCNC1.O=C(Cn1ccc2cccc(-c3ccc(Cl)c(C(F)(F)F)c3)c2c1=O)N1CCC(F)C1.O=C(O)Cn1ccc2cccc(-c3ccc(Cl)c(C(F)(F)F)c3)c2c1=O.O=c1[nH]ccc2cccc(Br)c12.OB(O)c1ccc(Cl)c(C(F)(F)F)c1.[O-][n+]1ccc2cccc(Br)c2c1. The molecule has 2 aliphatic heterocycles. The second-order valence-corrected chi connectivity index (χ2v) is 34.5. The lowest BCUT2D eigenvalue weighted by atomic mass is 9.79. The Bertz CT molecular complexity index is 7080. The number of rotatable bonds is 12. The van der Waals surface area contributed by atoms with Crippen molar-refractivity contribution in [3.05, 3.63) is 346 Å². The van der Waals surface area contributed by atoms with E-state index in [0.29, 0.717) is 71.2 Å². The molecule has 0 bridgehead atoms. The maximum Gasteiger partial charge on any atom is 0.488 e. The van der Waals surface area contributed by atoms with Crippen LogP contribution in [0.3, 0.4) is 0 Å². The number of likely N-dealkylation sites (tertiary alicyclic amines) is 1. The Balaban J connectivity index is 0.000000180. The Morgan fingerprint density at radius 1 is 0.526 bits per heavy atom. The summed E-state index contributed by atoms with van der Waals surface area (Å²) in [6.45, 7) is 5.12. The second kappa shape index (κ2) is 50.9. The van der Waals surface area contributed by atoms with Crippen LogP contribution in [0.4, 0.5) is 48.3 Å². The van der Waals surface area contributed by atoms with Crippen molar-refractivity contribution >= 4 is 215 Å². The summed E-state index contributed by atoms with van der Waals surface area (Å²) < 4.78 is 159. The summed E-state index contributed by atoms with van der Waals surface area (Å²) in [6.07, 6.45) is -1.78. The number of amides is 1. The smallest absolute Gasteiger partial charge is 0.488 e. The number of alkyl halides is 12. The van der Waals surface area contributed by atoms with Crippen LogP contribution < -0.4 is 37.7 Å². The fraction of sp³-hybridized carbons (Fsp3) is 0.200. The predicted octanol–water partition coefficient (Wildman–Crippen LogP) is 21.5. The van der Waals surface area contributed by atoms with Crippen LogP contribution in [0.2, 0.25) is 15.1 Å². The van der Waals surface area contributed by atoms with Crippen LogP contribution in [0.25, 0.3) is 86.9 Å². The molecule has 0 spiro atoms. The molecule has 0 aliphatic carbocycles. The van der Waals surface area contributed by atoms with Gasteiger partial charge < -0.3 is 58.7 Å². The Morgan fingerprint density at radius 3 is 1.42 bits per heavy atom. The highest BCUT2D eigenvalue weighted by molar-refractivity contribution is 9.11. The Labute approximate surface area is 829 Å². The van der Waals surface area contributed by atoms with Gasteiger partial charge in [0.1, 0.15) is 37.3 Å². The van der Waals surface area contributed by atoms with E-state index < -0.39 is 99.4 Å². The van der Waals surface area contributed by atoms with Gasteiger partial charge in [-0.25, -0.2) is 8.78 Å². The van der Waals surface area contributed by atoms with Crippen LogP contribution in [0, 0.1) is 5.21 Å². The zero-order valence-corrected chi connectivity index (χ0v) is 81.8. The Kier molecular flexibility index (Phi) is 40.7. The van der Waals surface area contributed by atoms with E-state index in [9.17, 15) is 91.9 Å². The van der Waals surface area contributed by atoms with Crippen LogP contribution >= 0.6 is 114 Å². The topological polar surface area (TPSA) is 301 Å². The van der Waals surface area contributed by atoms with Gasteiger partial charge in [-0.1, -0.05) is 170 Å². The lowest BCUT2D eigenvalue weighted by Gasteiger charge is -2.17. The number of nitrogens with one attached hydrogen (secondary N) is 2. The van der Waals surface area contributed by atoms with Crippen molar-refractivity contribution in [2.24, 2.45) is 0 Å². The monoisotopic (exact) mass is 2270 g/mol. The summed E-state index contributed by atoms with van der Waals surface area (Å²) in [7, 11) is -1.94. The number of carbonyl (C=O) groups excluding carboxylic acids is 3. The minimum absolute atomic E-state index is 0.00257. The van der Waals surface area contributed by atoms with E-state index in [-0.39, 0.29) is 82.0 Å². The molecule has 137 heavy (non-hydrogen) atoms. The number of carboxylic acids is 1. The number of nitrogens with zero attached hydrogens (tertiary/aromatic N) is 6. The normalized spacial score (nSPS) is 13.2. The molecule has 9 aromatic carbocycles. The lowest BCUT2D eigenvalue weighted by Crippen LogP contribution is -2.35. The Morgan fingerprint density at radius 2 is 0.971 bits per heavy atom. The summed E-state index contributed by atoms with van der Waals surface area (Å²) in [6, 6.07) is 53.0. The molecule has 2 atom stereocenters. The molecule has 0 saturated carbocycles. The molecule has 22 nitrogen and oxygen atoms in total. The van der Waals surface area contributed by atoms with Crippen molar-refractivity contribution in [1.82, 2.24) is 33.9 Å². The van der Waals surface area contributed by atoms with Crippen LogP contribution in [0.5, 0.6) is 0 Å². The number of ether oxygens (including phenoxy) is 2. The molecule has 2 aliphatic rings. The fourth-order valence-electron chi connectivity index (χ4n) is 13.5. The number of aromatic amines is 1. The van der Waals surface area contributed by atoms with Gasteiger partial charge in [-0.2, -0.15) is 44.2 Å². The standard InChI is InChI=1S/C22H17ClF4N2O2.C18H11ClF3NO3.C13H12BrNO3.2C9H6BrNO.C9H6BrN.C7H5BClF3O2.C4H7BrO2.C4H8FN/c23-18-5-4-14(10-17(18)22(25,26)27)16-3-1-2-13-6-8-29(21(31)20(13)16)12-19(30)28-9-7-15(24)11-28;19-14-5-4-11(8-13(14)18(20,21)22)12-3-1-2-10-6-7-23(9-15(24)25)17(26)16(10)12;1-2-18-11(16)8-15-7-6-9-4-3-5-10(14)12(9)13(15)17;10-9-3-1-2-7-4-5-11(12)6-8(7)9;10-7-3-1-2-6-4-5-11-9(12)8(6)7;10-9-3-1-2-7-4-5-11-6-8(7)9;9-6-2-1-4(8(13)14)3-5(6)7(10,11)12;1-2-7-4(6)3-5;5-4-1-2-6-3-4/h1-6,8,10,15H,7,9,11-12H2;1-8H,9H2,(H,24,25);3-7H,2,8H2,1H3;1-6H;1-5H,(H,11,12);1-6H;1-3,13-14H;2-3H2,1H3;4,6H,1-3H2. The molecule has 2 unspecified atom stereocenters. The summed E-state index contributed by atoms with van der Waals surface area (Å²) in [5.74, 6) is -2.20. The third-order valence-corrected chi connectivity index (χ3v) is 24.1. The van der Waals surface area contributed by atoms with E-state index in [1.807, 2.05) is 79.0 Å². The minimum atomic E-state index is -4.64. The third kappa shape index (κ3) is 30.9. The van der Waals surface area contributed by atoms with Gasteiger partial charge >= 0.3 is 43.6 Å². The number of hydrogen-bond donors (Lipinski definition) is 5. The first-order valence-corrected chi connectivity index (χ1v) is 46.2. The molecular weight excluding hydrogens is 2200 g/mol. The first-order valence-electron chi connectivity index (χ1n) is 40.8. The highest BCUT2D eigenvalue weighted by Crippen LogP contribution is 2.41. The number of pyridine rings is 6. The number of fused-ring (bicyclic) bond motifs is 6. The van der Waals surface area contributed by atoms with Gasteiger partial charge in [0.2, 0.25) is 5.91 Å². The largest absolute Gasteiger partial charge is 0.619 e. The van der Waals surface area contributed by atoms with E-state index in [1.165, 1.54) is 56.2 Å². The van der Waals surface area contributed by atoms with Crippen molar-refractivity contribution in [3.63, 3.8) is 0 Å². The van der Waals surface area contributed by atoms with Crippen LogP contribution in [0.15, 0.2) is 287 Å². The van der Waals surface area contributed by atoms with E-state index in [4.69, 9.17) is 54.7 Å². The highest BCUT2D eigenvalue weighted by atomic mass is 79.9. The van der Waals surface area contributed by atoms with Crippen molar-refractivity contribution < 1.29 is 96.8 Å². The molecule has 42 heteroatoms. The molecule has 15 aromatic rings. The summed E-state index contributed by atoms with van der Waals surface area (Å²) in [4.78, 5) is 102. The fourth-order valence-corrected chi connectivity index (χ4v) is 16.4. The zero-order valence-electron chi connectivity index (χ0n) is 71.6. The van der Waals surface area contributed by atoms with E-state index in [2.05, 4.69) is 106 Å². The van der Waals surface area contributed by atoms with Gasteiger partial charge in [0.15, 0.2) is 12.4 Å². The van der Waals surface area contributed by atoms with Gasteiger partial charge in [0.25, 0.3) is 22.2 Å². The number of carboxylic acid groups (broad SMARTS) is 1. The number of halogens is 19. The van der Waals surface area contributed by atoms with Gasteiger partial charge in [-0.15, -0.1) is 0 Å². The van der Waals surface area contributed by atoms with Gasteiger partial charge in [-0.05, 0) is 232 Å². The van der Waals surface area contributed by atoms with Crippen LogP contribution in [-0.4, -0.2) is 132 Å². The molecule has 718 valence electrons. The molecule has 0 radical (unpaired) electrons. The lowest BCUT2D eigenvalue weighted by molar-refractivity contribution is -0.603. The molecular formula is C95H78BBr5Cl3F11N8O14. The zero-order chi connectivity index (χ0) is 100.